The Morgan fingerprint density at radius 3 is 2.26 bits per heavy atom. The molecule has 0 heterocycles. The van der Waals surface area contributed by atoms with E-state index in [1.54, 1.807) is 38.1 Å². The van der Waals surface area contributed by atoms with E-state index < -0.39 is 28.5 Å². The first-order valence-electron chi connectivity index (χ1n) is 10.6. The van der Waals surface area contributed by atoms with E-state index in [0.29, 0.717) is 18.7 Å². The number of carbonyl (C=O) groups is 2. The van der Waals surface area contributed by atoms with Gasteiger partial charge in [-0.05, 0) is 49.2 Å². The van der Waals surface area contributed by atoms with E-state index in [2.05, 4.69) is 5.32 Å². The molecule has 8 nitrogen and oxygen atoms in total. The molecule has 0 saturated heterocycles. The number of nitrogens with zero attached hydrogens (tertiary/aromatic N) is 2. The minimum absolute atomic E-state index is 0.0829. The highest BCUT2D eigenvalue weighted by atomic mass is 35.5. The van der Waals surface area contributed by atoms with Gasteiger partial charge in [-0.25, -0.2) is 8.42 Å². The minimum Gasteiger partial charge on any atom is -0.497 e. The highest BCUT2D eigenvalue weighted by Gasteiger charge is 2.31. The van der Waals surface area contributed by atoms with Crippen LogP contribution >= 0.6 is 23.2 Å². The molecule has 186 valence electrons. The number of sulfonamides is 1. The fourth-order valence-corrected chi connectivity index (χ4v) is 4.82. The van der Waals surface area contributed by atoms with Crippen LogP contribution in [0, 0.1) is 0 Å². The molecule has 34 heavy (non-hydrogen) atoms. The lowest BCUT2D eigenvalue weighted by Gasteiger charge is -2.33. The predicted octanol–water partition coefficient (Wildman–Crippen LogP) is 3.71. The zero-order chi connectivity index (χ0) is 25.5. The van der Waals surface area contributed by atoms with Gasteiger partial charge in [0.2, 0.25) is 21.8 Å². The second-order valence-electron chi connectivity index (χ2n) is 7.59. The Kier molecular flexibility index (Phi) is 10.0. The number of methoxy groups -OCH3 is 1. The first-order chi connectivity index (χ1) is 16.0. The second kappa shape index (κ2) is 12.3. The van der Waals surface area contributed by atoms with E-state index in [0.717, 1.165) is 16.1 Å². The van der Waals surface area contributed by atoms with Crippen LogP contribution in [-0.2, 0) is 26.2 Å². The molecule has 2 aromatic carbocycles. The average molecular weight is 530 g/mol. The van der Waals surface area contributed by atoms with Crippen molar-refractivity contribution in [3.63, 3.8) is 0 Å². The normalized spacial score (nSPS) is 12.1. The number of nitrogens with one attached hydrogen (secondary N) is 1. The molecule has 0 aliphatic heterocycles. The maximum absolute atomic E-state index is 13.6. The molecule has 0 saturated carbocycles. The maximum atomic E-state index is 13.6. The van der Waals surface area contributed by atoms with Crippen molar-refractivity contribution in [2.24, 2.45) is 0 Å². The van der Waals surface area contributed by atoms with E-state index in [-0.39, 0.29) is 28.2 Å². The molecule has 2 amide bonds. The number of benzene rings is 2. The van der Waals surface area contributed by atoms with Crippen molar-refractivity contribution in [3.05, 3.63) is 58.1 Å². The van der Waals surface area contributed by atoms with Crippen LogP contribution in [0.1, 0.15) is 25.8 Å². The molecular formula is C23H29Cl2N3O5S. The van der Waals surface area contributed by atoms with Gasteiger partial charge in [-0.15, -0.1) is 0 Å². The Bertz CT molecular complexity index is 1110. The maximum Gasteiger partial charge on any atom is 0.244 e. The van der Waals surface area contributed by atoms with Gasteiger partial charge >= 0.3 is 0 Å². The van der Waals surface area contributed by atoms with Crippen molar-refractivity contribution in [1.29, 1.82) is 0 Å². The van der Waals surface area contributed by atoms with E-state index >= 15 is 0 Å². The smallest absolute Gasteiger partial charge is 0.244 e. The van der Waals surface area contributed by atoms with E-state index in [1.807, 2.05) is 0 Å². The average Bonchev–Trinajstić information content (AvgIpc) is 2.76. The molecule has 0 aliphatic carbocycles. The summed E-state index contributed by atoms with van der Waals surface area (Å²) < 4.78 is 31.4. The Labute approximate surface area is 210 Å². The first-order valence-corrected chi connectivity index (χ1v) is 13.2. The standard InChI is InChI=1S/C23H29Cl2N3O5S/c1-5-21(23(30)26-6-2)27(14-16-8-7-9-20(10-16)33-3)22(29)15-28(34(4,31)32)19-12-17(24)11-18(25)13-19/h7-13,21H,5-6,14-15H2,1-4H3,(H,26,30)/t21-/m0/s1. The third-order valence-electron chi connectivity index (χ3n) is 5.04. The quantitative estimate of drug-likeness (QED) is 0.478. The number of amides is 2. The van der Waals surface area contributed by atoms with Crippen molar-refractivity contribution in [2.45, 2.75) is 32.9 Å². The number of likely N-dealkylation sites (N-methyl/N-ethyl adjacent to an activating group) is 1. The molecule has 1 N–H and O–H groups in total. The number of hydrogen-bond donors (Lipinski definition) is 1. The molecule has 0 aromatic heterocycles. The molecule has 0 fully saturated rings. The minimum atomic E-state index is -3.88. The molecule has 2 aromatic rings. The van der Waals surface area contributed by atoms with Crippen LogP contribution < -0.4 is 14.4 Å². The number of carbonyl (C=O) groups excluding carboxylic acids is 2. The summed E-state index contributed by atoms with van der Waals surface area (Å²) in [6.45, 7) is 3.52. The summed E-state index contributed by atoms with van der Waals surface area (Å²) in [5, 5.41) is 3.20. The van der Waals surface area contributed by atoms with Gasteiger partial charge in [0.1, 0.15) is 18.3 Å². The van der Waals surface area contributed by atoms with Crippen molar-refractivity contribution in [3.8, 4) is 5.75 Å². The van der Waals surface area contributed by atoms with Gasteiger partial charge in [-0.1, -0.05) is 42.3 Å². The summed E-state index contributed by atoms with van der Waals surface area (Å²) in [6.07, 6.45) is 1.33. The van der Waals surface area contributed by atoms with Crippen molar-refractivity contribution in [2.75, 3.05) is 30.8 Å². The second-order valence-corrected chi connectivity index (χ2v) is 10.4. The van der Waals surface area contributed by atoms with Crippen molar-refractivity contribution < 1.29 is 22.7 Å². The number of rotatable bonds is 11. The van der Waals surface area contributed by atoms with Crippen LogP contribution in [-0.4, -0.2) is 57.6 Å². The van der Waals surface area contributed by atoms with Gasteiger partial charge in [0.15, 0.2) is 0 Å². The lowest BCUT2D eigenvalue weighted by molar-refractivity contribution is -0.140. The van der Waals surface area contributed by atoms with E-state index in [1.165, 1.54) is 30.2 Å². The van der Waals surface area contributed by atoms with Gasteiger partial charge in [0.05, 0.1) is 19.1 Å². The van der Waals surface area contributed by atoms with Gasteiger partial charge < -0.3 is 15.0 Å². The zero-order valence-corrected chi connectivity index (χ0v) is 21.9. The van der Waals surface area contributed by atoms with Crippen LogP contribution in [0.5, 0.6) is 5.75 Å². The number of anilines is 1. The van der Waals surface area contributed by atoms with E-state index in [4.69, 9.17) is 27.9 Å². The summed E-state index contributed by atoms with van der Waals surface area (Å²) in [5.41, 5.74) is 0.882. The predicted molar refractivity (Wildman–Crippen MR) is 135 cm³/mol. The lowest BCUT2D eigenvalue weighted by atomic mass is 10.1. The zero-order valence-electron chi connectivity index (χ0n) is 19.5. The largest absolute Gasteiger partial charge is 0.497 e. The van der Waals surface area contributed by atoms with Crippen LogP contribution in [0.3, 0.4) is 0 Å². The Morgan fingerprint density at radius 2 is 1.74 bits per heavy atom. The van der Waals surface area contributed by atoms with Crippen molar-refractivity contribution >= 4 is 50.7 Å². The third-order valence-corrected chi connectivity index (χ3v) is 6.62. The molecule has 0 bridgehead atoms. The number of hydrogen-bond acceptors (Lipinski definition) is 5. The molecule has 11 heteroatoms. The third kappa shape index (κ3) is 7.51. The van der Waals surface area contributed by atoms with Gasteiger partial charge in [0.25, 0.3) is 0 Å². The van der Waals surface area contributed by atoms with E-state index in [9.17, 15) is 18.0 Å². The summed E-state index contributed by atoms with van der Waals surface area (Å²) in [6, 6.07) is 10.6. The number of ether oxygens (including phenoxy) is 1. The molecule has 0 aliphatic rings. The number of halogens is 2. The van der Waals surface area contributed by atoms with Gasteiger partial charge in [-0.2, -0.15) is 0 Å². The monoisotopic (exact) mass is 529 g/mol. The molecule has 0 radical (unpaired) electrons. The van der Waals surface area contributed by atoms with Gasteiger partial charge in [-0.3, -0.25) is 13.9 Å². The molecule has 1 atom stereocenters. The lowest BCUT2D eigenvalue weighted by Crippen LogP contribution is -2.52. The summed E-state index contributed by atoms with van der Waals surface area (Å²) in [7, 11) is -2.35. The van der Waals surface area contributed by atoms with Crippen LogP contribution in [0.25, 0.3) is 0 Å². The fraction of sp³-hybridized carbons (Fsp3) is 0.391. The SMILES string of the molecule is CCNC(=O)[C@H](CC)N(Cc1cccc(OC)c1)C(=O)CN(c1cc(Cl)cc(Cl)c1)S(C)(=O)=O. The summed E-state index contributed by atoms with van der Waals surface area (Å²) >= 11 is 12.1. The molecular weight excluding hydrogens is 501 g/mol. The Balaban J connectivity index is 2.47. The molecule has 0 spiro atoms. The highest BCUT2D eigenvalue weighted by molar-refractivity contribution is 7.92. The Morgan fingerprint density at radius 1 is 1.09 bits per heavy atom. The van der Waals surface area contributed by atoms with Crippen LogP contribution in [0.15, 0.2) is 42.5 Å². The van der Waals surface area contributed by atoms with Crippen LogP contribution in [0.4, 0.5) is 5.69 Å². The molecule has 0 unspecified atom stereocenters. The fourth-order valence-electron chi connectivity index (χ4n) is 3.48. The molecule has 2 rings (SSSR count). The van der Waals surface area contributed by atoms with Crippen LogP contribution in [0.2, 0.25) is 10.0 Å². The summed E-state index contributed by atoms with van der Waals surface area (Å²) in [4.78, 5) is 27.7. The Hall–Kier alpha value is -2.49. The van der Waals surface area contributed by atoms with Gasteiger partial charge in [0, 0.05) is 23.1 Å². The summed E-state index contributed by atoms with van der Waals surface area (Å²) in [5.74, 6) is -0.275. The highest BCUT2D eigenvalue weighted by Crippen LogP contribution is 2.27. The van der Waals surface area contributed by atoms with Crippen molar-refractivity contribution in [1.82, 2.24) is 10.2 Å². The first kappa shape index (κ1) is 27.8. The topological polar surface area (TPSA) is 96.0 Å².